The largest absolute Gasteiger partial charge is 0.494 e. The Bertz CT molecular complexity index is 494. The van der Waals surface area contributed by atoms with Crippen LogP contribution in [0.25, 0.3) is 0 Å². The smallest absolute Gasteiger partial charge is 0.119 e. The molecule has 2 rings (SSSR count). The van der Waals surface area contributed by atoms with E-state index in [0.29, 0.717) is 0 Å². The van der Waals surface area contributed by atoms with Gasteiger partial charge < -0.3 is 9.84 Å². The summed E-state index contributed by atoms with van der Waals surface area (Å²) in [5, 5.41) is 9.27. The Kier molecular flexibility index (Phi) is 6.12. The van der Waals surface area contributed by atoms with E-state index in [1.807, 2.05) is 48.5 Å². The molecule has 0 fully saturated rings. The molecule has 0 aliphatic heterocycles. The van der Waals surface area contributed by atoms with Gasteiger partial charge in [-0.2, -0.15) is 0 Å². The van der Waals surface area contributed by atoms with Crippen molar-refractivity contribution in [1.82, 2.24) is 0 Å². The van der Waals surface area contributed by atoms with E-state index < -0.39 is 0 Å². The average Bonchev–Trinajstić information content (AvgIpc) is 2.52. The summed E-state index contributed by atoms with van der Waals surface area (Å²) < 4.78 is 5.66. The molecule has 106 valence electrons. The predicted molar refractivity (Wildman–Crippen MR) is 81.9 cm³/mol. The molecule has 0 saturated carbocycles. The third-order valence-corrected chi connectivity index (χ3v) is 3.39. The zero-order valence-corrected chi connectivity index (χ0v) is 11.8. The molecular weight excluding hydrogens is 248 g/mol. The Labute approximate surface area is 121 Å². The highest BCUT2D eigenvalue weighted by Crippen LogP contribution is 2.13. The highest BCUT2D eigenvalue weighted by Gasteiger charge is 2.00. The lowest BCUT2D eigenvalue weighted by Crippen LogP contribution is -1.98. The molecule has 0 saturated heterocycles. The molecule has 1 N–H and O–H groups in total. The zero-order valence-electron chi connectivity index (χ0n) is 11.8. The van der Waals surface area contributed by atoms with E-state index in [2.05, 4.69) is 6.07 Å². The number of hydrogen-bond acceptors (Lipinski definition) is 2. The molecule has 2 heteroatoms. The summed E-state index contributed by atoms with van der Waals surface area (Å²) in [6, 6.07) is 18.0. The SMILES string of the molecule is OCc1ccccc1CCCCCOc1ccccc1. The van der Waals surface area contributed by atoms with E-state index in [1.54, 1.807) is 0 Å². The number of aliphatic hydroxyl groups excluding tert-OH is 1. The lowest BCUT2D eigenvalue weighted by molar-refractivity contribution is 0.280. The molecule has 0 aliphatic rings. The first-order valence-corrected chi connectivity index (χ1v) is 7.25. The fourth-order valence-corrected chi connectivity index (χ4v) is 2.26. The van der Waals surface area contributed by atoms with Gasteiger partial charge >= 0.3 is 0 Å². The third kappa shape index (κ3) is 4.71. The van der Waals surface area contributed by atoms with Gasteiger partial charge in [-0.05, 0) is 48.9 Å². The van der Waals surface area contributed by atoms with Crippen molar-refractivity contribution in [2.75, 3.05) is 6.61 Å². The van der Waals surface area contributed by atoms with Crippen molar-refractivity contribution in [2.45, 2.75) is 32.3 Å². The maximum absolute atomic E-state index is 9.27. The fourth-order valence-electron chi connectivity index (χ4n) is 2.26. The first-order valence-electron chi connectivity index (χ1n) is 7.25. The summed E-state index contributed by atoms with van der Waals surface area (Å²) in [4.78, 5) is 0. The second-order valence-electron chi connectivity index (χ2n) is 4.90. The van der Waals surface area contributed by atoms with Crippen LogP contribution in [-0.2, 0) is 13.0 Å². The van der Waals surface area contributed by atoms with Crippen molar-refractivity contribution in [3.8, 4) is 5.75 Å². The van der Waals surface area contributed by atoms with E-state index in [1.165, 1.54) is 5.56 Å². The number of aryl methyl sites for hydroxylation is 1. The summed E-state index contributed by atoms with van der Waals surface area (Å²) in [5.41, 5.74) is 2.31. The lowest BCUT2D eigenvalue weighted by Gasteiger charge is -2.08. The molecule has 2 aromatic carbocycles. The minimum atomic E-state index is 0.132. The number of rotatable bonds is 8. The summed E-state index contributed by atoms with van der Waals surface area (Å²) >= 11 is 0. The Hall–Kier alpha value is -1.80. The van der Waals surface area contributed by atoms with Gasteiger partial charge in [-0.25, -0.2) is 0 Å². The predicted octanol–water partition coefficient (Wildman–Crippen LogP) is 3.97. The van der Waals surface area contributed by atoms with Crippen molar-refractivity contribution >= 4 is 0 Å². The quantitative estimate of drug-likeness (QED) is 0.735. The monoisotopic (exact) mass is 270 g/mol. The number of benzene rings is 2. The first kappa shape index (κ1) is 14.6. The van der Waals surface area contributed by atoms with Gasteiger partial charge in [0.2, 0.25) is 0 Å². The van der Waals surface area contributed by atoms with Crippen LogP contribution < -0.4 is 4.74 Å². The molecular formula is C18H22O2. The van der Waals surface area contributed by atoms with Gasteiger partial charge in [0.1, 0.15) is 5.75 Å². The molecule has 2 nitrogen and oxygen atoms in total. The van der Waals surface area contributed by atoms with Gasteiger partial charge in [-0.3, -0.25) is 0 Å². The summed E-state index contributed by atoms with van der Waals surface area (Å²) in [6.45, 7) is 0.902. The van der Waals surface area contributed by atoms with Crippen LogP contribution in [0.4, 0.5) is 0 Å². The maximum atomic E-state index is 9.27. The summed E-state index contributed by atoms with van der Waals surface area (Å²) in [7, 11) is 0. The highest BCUT2D eigenvalue weighted by molar-refractivity contribution is 5.26. The Balaban J connectivity index is 1.62. The number of ether oxygens (including phenoxy) is 1. The van der Waals surface area contributed by atoms with Crippen molar-refractivity contribution in [2.24, 2.45) is 0 Å². The first-order chi connectivity index (χ1) is 9.90. The molecule has 0 aliphatic carbocycles. The standard InChI is InChI=1S/C18H22O2/c19-15-17-11-7-6-10-16(17)9-3-2-8-14-20-18-12-4-1-5-13-18/h1,4-7,10-13,19H,2-3,8-9,14-15H2. The average molecular weight is 270 g/mol. The van der Waals surface area contributed by atoms with E-state index in [-0.39, 0.29) is 6.61 Å². The molecule has 0 spiro atoms. The molecule has 0 heterocycles. The van der Waals surface area contributed by atoms with Crippen LogP contribution in [0.3, 0.4) is 0 Å². The second-order valence-corrected chi connectivity index (χ2v) is 4.90. The molecule has 0 unspecified atom stereocenters. The highest BCUT2D eigenvalue weighted by atomic mass is 16.5. The van der Waals surface area contributed by atoms with Crippen LogP contribution in [0.2, 0.25) is 0 Å². The summed E-state index contributed by atoms with van der Waals surface area (Å²) in [6.07, 6.45) is 4.38. The normalized spacial score (nSPS) is 10.4. The van der Waals surface area contributed by atoms with Gasteiger partial charge in [0.25, 0.3) is 0 Å². The van der Waals surface area contributed by atoms with Crippen LogP contribution in [0.1, 0.15) is 30.4 Å². The van der Waals surface area contributed by atoms with Crippen LogP contribution in [0.5, 0.6) is 5.75 Å². The molecule has 0 bridgehead atoms. The van der Waals surface area contributed by atoms with Crippen LogP contribution in [0.15, 0.2) is 54.6 Å². The minimum absolute atomic E-state index is 0.132. The lowest BCUT2D eigenvalue weighted by atomic mass is 10.0. The van der Waals surface area contributed by atoms with Crippen molar-refractivity contribution in [1.29, 1.82) is 0 Å². The molecule has 0 atom stereocenters. The molecule has 20 heavy (non-hydrogen) atoms. The van der Waals surface area contributed by atoms with Crippen molar-refractivity contribution in [3.63, 3.8) is 0 Å². The number of unbranched alkanes of at least 4 members (excludes halogenated alkanes) is 2. The van der Waals surface area contributed by atoms with Crippen LogP contribution in [0, 0.1) is 0 Å². The van der Waals surface area contributed by atoms with E-state index in [9.17, 15) is 5.11 Å². The van der Waals surface area contributed by atoms with E-state index in [0.717, 1.165) is 43.6 Å². The van der Waals surface area contributed by atoms with Crippen molar-refractivity contribution < 1.29 is 9.84 Å². The number of hydrogen-bond donors (Lipinski definition) is 1. The molecule has 0 radical (unpaired) electrons. The van der Waals surface area contributed by atoms with E-state index in [4.69, 9.17) is 4.74 Å². The third-order valence-electron chi connectivity index (χ3n) is 3.39. The maximum Gasteiger partial charge on any atom is 0.119 e. The molecule has 0 aromatic heterocycles. The van der Waals surface area contributed by atoms with Crippen LogP contribution >= 0.6 is 0 Å². The van der Waals surface area contributed by atoms with Gasteiger partial charge in [0.15, 0.2) is 0 Å². The fraction of sp³-hybridized carbons (Fsp3) is 0.333. The topological polar surface area (TPSA) is 29.5 Å². The minimum Gasteiger partial charge on any atom is -0.494 e. The zero-order chi connectivity index (χ0) is 14.0. The van der Waals surface area contributed by atoms with Gasteiger partial charge in [-0.1, -0.05) is 42.5 Å². The van der Waals surface area contributed by atoms with Crippen LogP contribution in [-0.4, -0.2) is 11.7 Å². The second kappa shape index (κ2) is 8.39. The van der Waals surface area contributed by atoms with E-state index >= 15 is 0 Å². The van der Waals surface area contributed by atoms with Gasteiger partial charge in [0.05, 0.1) is 13.2 Å². The Morgan fingerprint density at radius 3 is 2.20 bits per heavy atom. The van der Waals surface area contributed by atoms with Gasteiger partial charge in [0, 0.05) is 0 Å². The molecule has 2 aromatic rings. The Morgan fingerprint density at radius 2 is 1.45 bits per heavy atom. The Morgan fingerprint density at radius 1 is 0.750 bits per heavy atom. The summed E-state index contributed by atoms with van der Waals surface area (Å²) in [5.74, 6) is 0.943. The van der Waals surface area contributed by atoms with Gasteiger partial charge in [-0.15, -0.1) is 0 Å². The molecule has 0 amide bonds. The number of aliphatic hydroxyl groups is 1. The van der Waals surface area contributed by atoms with Crippen molar-refractivity contribution in [3.05, 3.63) is 65.7 Å². The number of para-hydroxylation sites is 1.